The molecular formula is C24H19FN2O2. The summed E-state index contributed by atoms with van der Waals surface area (Å²) in [7, 11) is 1.65. The Labute approximate surface area is 168 Å². The number of methoxy groups -OCH3 is 1. The fourth-order valence-corrected chi connectivity index (χ4v) is 3.32. The standard InChI is InChI=1S/C24H19FN2O2/c1-29-20-4-2-3-17(13-20)21-10-7-18(23-15-26-12-11-22(21)23)14-27-24(28)16-5-8-19(25)9-6-16/h2-13,15H,14H2,1H3,(H,27,28). The fraction of sp³-hybridized carbons (Fsp3) is 0.0833. The Bertz CT molecular complexity index is 1170. The van der Waals surface area contributed by atoms with Crippen LogP contribution in [0.2, 0.25) is 0 Å². The van der Waals surface area contributed by atoms with E-state index in [9.17, 15) is 9.18 Å². The third-order valence-electron chi connectivity index (χ3n) is 4.83. The van der Waals surface area contributed by atoms with Crippen molar-refractivity contribution in [2.24, 2.45) is 0 Å². The van der Waals surface area contributed by atoms with Crippen LogP contribution in [0.25, 0.3) is 21.9 Å². The number of halogens is 1. The maximum absolute atomic E-state index is 13.1. The van der Waals surface area contributed by atoms with Crippen molar-refractivity contribution in [2.45, 2.75) is 6.54 Å². The zero-order valence-corrected chi connectivity index (χ0v) is 15.9. The molecule has 0 saturated heterocycles. The largest absolute Gasteiger partial charge is 0.497 e. The van der Waals surface area contributed by atoms with Gasteiger partial charge in [-0.15, -0.1) is 0 Å². The predicted molar refractivity (Wildman–Crippen MR) is 111 cm³/mol. The van der Waals surface area contributed by atoms with E-state index in [1.54, 1.807) is 19.5 Å². The molecule has 0 aliphatic heterocycles. The molecule has 0 atom stereocenters. The van der Waals surface area contributed by atoms with Crippen molar-refractivity contribution >= 4 is 16.7 Å². The fourth-order valence-electron chi connectivity index (χ4n) is 3.32. The normalized spacial score (nSPS) is 10.7. The maximum Gasteiger partial charge on any atom is 0.251 e. The van der Waals surface area contributed by atoms with Gasteiger partial charge in [-0.25, -0.2) is 4.39 Å². The Balaban J connectivity index is 1.64. The van der Waals surface area contributed by atoms with Crippen molar-refractivity contribution < 1.29 is 13.9 Å². The highest BCUT2D eigenvalue weighted by Crippen LogP contribution is 2.32. The highest BCUT2D eigenvalue weighted by molar-refractivity contribution is 5.99. The molecule has 1 N–H and O–H groups in total. The van der Waals surface area contributed by atoms with Crippen molar-refractivity contribution in [2.75, 3.05) is 7.11 Å². The first kappa shape index (κ1) is 18.6. The van der Waals surface area contributed by atoms with E-state index in [0.29, 0.717) is 12.1 Å². The summed E-state index contributed by atoms with van der Waals surface area (Å²) >= 11 is 0. The van der Waals surface area contributed by atoms with E-state index < -0.39 is 0 Å². The zero-order chi connectivity index (χ0) is 20.2. The number of benzene rings is 3. The highest BCUT2D eigenvalue weighted by Gasteiger charge is 2.11. The molecule has 4 nitrogen and oxygen atoms in total. The second kappa shape index (κ2) is 8.10. The molecule has 1 aromatic heterocycles. The van der Waals surface area contributed by atoms with E-state index in [4.69, 9.17) is 4.74 Å². The first-order valence-corrected chi connectivity index (χ1v) is 9.19. The molecule has 0 bridgehead atoms. The molecule has 5 heteroatoms. The van der Waals surface area contributed by atoms with Crippen LogP contribution in [0.1, 0.15) is 15.9 Å². The molecule has 0 radical (unpaired) electrons. The van der Waals surface area contributed by atoms with Crippen LogP contribution in [-0.2, 0) is 6.54 Å². The van der Waals surface area contributed by atoms with Gasteiger partial charge >= 0.3 is 0 Å². The minimum absolute atomic E-state index is 0.251. The van der Waals surface area contributed by atoms with Crippen LogP contribution in [0.4, 0.5) is 4.39 Å². The minimum atomic E-state index is -0.369. The van der Waals surface area contributed by atoms with Gasteiger partial charge in [0.1, 0.15) is 11.6 Å². The number of carbonyl (C=O) groups is 1. The molecule has 29 heavy (non-hydrogen) atoms. The van der Waals surface area contributed by atoms with E-state index in [2.05, 4.69) is 10.3 Å². The summed E-state index contributed by atoms with van der Waals surface area (Å²) in [5.74, 6) is 0.172. The van der Waals surface area contributed by atoms with E-state index in [1.807, 2.05) is 42.5 Å². The van der Waals surface area contributed by atoms with E-state index >= 15 is 0 Å². The Hall–Kier alpha value is -3.73. The number of aromatic nitrogens is 1. The predicted octanol–water partition coefficient (Wildman–Crippen LogP) is 4.98. The number of ether oxygens (including phenoxy) is 1. The monoisotopic (exact) mass is 386 g/mol. The molecule has 0 unspecified atom stereocenters. The number of carbonyl (C=O) groups excluding carboxylic acids is 1. The number of fused-ring (bicyclic) bond motifs is 1. The first-order chi connectivity index (χ1) is 14.2. The van der Waals surface area contributed by atoms with Crippen LogP contribution in [0.15, 0.2) is 79.1 Å². The molecule has 0 saturated carbocycles. The van der Waals surface area contributed by atoms with Crippen LogP contribution < -0.4 is 10.1 Å². The lowest BCUT2D eigenvalue weighted by molar-refractivity contribution is 0.0951. The van der Waals surface area contributed by atoms with Gasteiger partial charge in [0, 0.05) is 29.9 Å². The van der Waals surface area contributed by atoms with Crippen molar-refractivity contribution in [3.8, 4) is 16.9 Å². The Morgan fingerprint density at radius 1 is 1.03 bits per heavy atom. The Morgan fingerprint density at radius 3 is 2.66 bits per heavy atom. The van der Waals surface area contributed by atoms with Gasteiger partial charge in [0.25, 0.3) is 5.91 Å². The SMILES string of the molecule is COc1cccc(-c2ccc(CNC(=O)c3ccc(F)cc3)c3cnccc23)c1. The lowest BCUT2D eigenvalue weighted by atomic mass is 9.96. The molecular weight excluding hydrogens is 367 g/mol. The maximum atomic E-state index is 13.1. The van der Waals surface area contributed by atoms with Gasteiger partial charge < -0.3 is 10.1 Å². The molecule has 144 valence electrons. The van der Waals surface area contributed by atoms with E-state index in [-0.39, 0.29) is 11.7 Å². The number of nitrogens with zero attached hydrogens (tertiary/aromatic N) is 1. The zero-order valence-electron chi connectivity index (χ0n) is 15.9. The summed E-state index contributed by atoms with van der Waals surface area (Å²) in [4.78, 5) is 16.6. The third kappa shape index (κ3) is 3.94. The number of amides is 1. The minimum Gasteiger partial charge on any atom is -0.497 e. The molecule has 0 aliphatic carbocycles. The average Bonchev–Trinajstić information content (AvgIpc) is 2.77. The van der Waals surface area contributed by atoms with Crippen molar-refractivity contribution in [3.05, 3.63) is 96.1 Å². The first-order valence-electron chi connectivity index (χ1n) is 9.19. The third-order valence-corrected chi connectivity index (χ3v) is 4.83. The Kier molecular flexibility index (Phi) is 5.20. The number of nitrogens with one attached hydrogen (secondary N) is 1. The summed E-state index contributed by atoms with van der Waals surface area (Å²) in [5.41, 5.74) is 3.48. The van der Waals surface area contributed by atoms with Gasteiger partial charge in [0.2, 0.25) is 0 Å². The summed E-state index contributed by atoms with van der Waals surface area (Å²) in [5, 5.41) is 4.90. The van der Waals surface area contributed by atoms with E-state index in [0.717, 1.165) is 33.2 Å². The molecule has 0 aliphatic rings. The van der Waals surface area contributed by atoms with Gasteiger partial charge in [0.05, 0.1) is 7.11 Å². The molecule has 0 spiro atoms. The summed E-state index contributed by atoms with van der Waals surface area (Å²) in [6.07, 6.45) is 3.56. The summed E-state index contributed by atoms with van der Waals surface area (Å²) in [6, 6.07) is 19.4. The summed E-state index contributed by atoms with van der Waals surface area (Å²) in [6.45, 7) is 0.344. The topological polar surface area (TPSA) is 51.2 Å². The summed E-state index contributed by atoms with van der Waals surface area (Å²) < 4.78 is 18.4. The quantitative estimate of drug-likeness (QED) is 0.526. The molecule has 4 aromatic rings. The van der Waals surface area contributed by atoms with Crippen LogP contribution in [0, 0.1) is 5.82 Å². The van der Waals surface area contributed by atoms with Crippen LogP contribution in [0.5, 0.6) is 5.75 Å². The lowest BCUT2D eigenvalue weighted by Crippen LogP contribution is -2.22. The number of pyridine rings is 1. The smallest absolute Gasteiger partial charge is 0.251 e. The molecule has 1 amide bonds. The van der Waals surface area contributed by atoms with Crippen LogP contribution in [-0.4, -0.2) is 18.0 Å². The average molecular weight is 386 g/mol. The van der Waals surface area contributed by atoms with Crippen molar-refractivity contribution in [1.82, 2.24) is 10.3 Å². The van der Waals surface area contributed by atoms with Crippen molar-refractivity contribution in [1.29, 1.82) is 0 Å². The molecule has 1 heterocycles. The van der Waals surface area contributed by atoms with Crippen LogP contribution >= 0.6 is 0 Å². The highest BCUT2D eigenvalue weighted by atomic mass is 19.1. The molecule has 3 aromatic carbocycles. The molecule has 4 rings (SSSR count). The number of rotatable bonds is 5. The van der Waals surface area contributed by atoms with Gasteiger partial charge in [-0.05, 0) is 64.5 Å². The van der Waals surface area contributed by atoms with Gasteiger partial charge in [0.15, 0.2) is 0 Å². The van der Waals surface area contributed by atoms with Gasteiger partial charge in [-0.3, -0.25) is 9.78 Å². The van der Waals surface area contributed by atoms with E-state index in [1.165, 1.54) is 24.3 Å². The van der Waals surface area contributed by atoms with Crippen molar-refractivity contribution in [3.63, 3.8) is 0 Å². The number of hydrogen-bond donors (Lipinski definition) is 1. The van der Waals surface area contributed by atoms with Crippen LogP contribution in [0.3, 0.4) is 0 Å². The van der Waals surface area contributed by atoms with Gasteiger partial charge in [-0.1, -0.05) is 24.3 Å². The Morgan fingerprint density at radius 2 is 1.86 bits per heavy atom. The second-order valence-corrected chi connectivity index (χ2v) is 6.62. The molecule has 0 fully saturated rings. The van der Waals surface area contributed by atoms with Gasteiger partial charge in [-0.2, -0.15) is 0 Å². The number of hydrogen-bond acceptors (Lipinski definition) is 3. The lowest BCUT2D eigenvalue weighted by Gasteiger charge is -2.13. The second-order valence-electron chi connectivity index (χ2n) is 6.62.